The van der Waals surface area contributed by atoms with Gasteiger partial charge in [0.1, 0.15) is 11.6 Å². The van der Waals surface area contributed by atoms with Gasteiger partial charge in [-0.3, -0.25) is 4.79 Å². The van der Waals surface area contributed by atoms with Crippen molar-refractivity contribution in [2.24, 2.45) is 5.41 Å². The number of halogens is 2. The summed E-state index contributed by atoms with van der Waals surface area (Å²) in [6, 6.07) is 1.78. The first-order valence-corrected chi connectivity index (χ1v) is 6.43. The number of carbonyl (C=O) groups is 1. The third-order valence-corrected chi connectivity index (χ3v) is 4.27. The van der Waals surface area contributed by atoms with Crippen molar-refractivity contribution in [3.05, 3.63) is 34.9 Å². The second-order valence-corrected chi connectivity index (χ2v) is 5.73. The fourth-order valence-electron chi connectivity index (χ4n) is 2.96. The molecule has 1 unspecified atom stereocenters. The van der Waals surface area contributed by atoms with E-state index in [9.17, 15) is 13.6 Å². The highest BCUT2D eigenvalue weighted by molar-refractivity contribution is 6.10. The highest BCUT2D eigenvalue weighted by atomic mass is 19.1. The number of aryl methyl sites for hydroxylation is 1. The van der Waals surface area contributed by atoms with Crippen molar-refractivity contribution < 1.29 is 13.6 Å². The van der Waals surface area contributed by atoms with Gasteiger partial charge in [0.15, 0.2) is 13.8 Å². The first kappa shape index (κ1) is 12.8. The van der Waals surface area contributed by atoms with Gasteiger partial charge in [-0.05, 0) is 56.0 Å². The first-order valence-electron chi connectivity index (χ1n) is 6.43. The summed E-state index contributed by atoms with van der Waals surface area (Å²) in [5.41, 5.74) is 0.187. The lowest BCUT2D eigenvalue weighted by Gasteiger charge is -2.19. The number of ketones is 1. The average molecular weight is 261 g/mol. The van der Waals surface area contributed by atoms with Gasteiger partial charge in [-0.2, -0.15) is 0 Å². The number of carbonyl (C=O) groups excluding carboxylic acids is 1. The molecule has 2 nitrogen and oxygen atoms in total. The molecule has 1 aliphatic carbocycles. The number of rotatable bonds is 2. The Labute approximate surface area is 112 Å². The Morgan fingerprint density at radius 2 is 2.11 bits per heavy atom. The zero-order valence-electron chi connectivity index (χ0n) is 10.7. The van der Waals surface area contributed by atoms with Gasteiger partial charge in [-0.25, -0.2) is 8.78 Å². The number of Topliss-reactive ketones (excluding diaryl/α,β-unsaturated/α-hetero) is 1. The van der Waals surface area contributed by atoms with Crippen LogP contribution >= 0.6 is 0 Å². The Hall–Kier alpha value is -1.23. The minimum Gasteiger partial charge on any atom is -0.344 e. The minimum absolute atomic E-state index is 0.0799. The van der Waals surface area contributed by atoms with Gasteiger partial charge < -0.3 is 4.81 Å². The molecule has 1 saturated heterocycles. The Morgan fingerprint density at radius 3 is 2.68 bits per heavy atom. The lowest BCUT2D eigenvalue weighted by molar-refractivity contribution is -0.123. The molecule has 1 spiro atoms. The van der Waals surface area contributed by atoms with E-state index >= 15 is 0 Å². The van der Waals surface area contributed by atoms with E-state index in [1.807, 2.05) is 0 Å². The summed E-state index contributed by atoms with van der Waals surface area (Å²) in [7, 11) is 5.86. The van der Waals surface area contributed by atoms with Gasteiger partial charge in [0.05, 0.1) is 6.04 Å². The standard InChI is InChI=1S/C14H14BF2NO/c1-8-4-10(16)5-9(12(8)17)6-11-13(19)14(2-3-14)7-18(11)15/h4-5,11H,2-3,6-7H2,1H3. The maximum absolute atomic E-state index is 14.0. The topological polar surface area (TPSA) is 20.3 Å². The van der Waals surface area contributed by atoms with Crippen LogP contribution < -0.4 is 0 Å². The molecular weight excluding hydrogens is 247 g/mol. The monoisotopic (exact) mass is 261 g/mol. The van der Waals surface area contributed by atoms with Crippen molar-refractivity contribution in [1.29, 1.82) is 0 Å². The summed E-state index contributed by atoms with van der Waals surface area (Å²) in [6.45, 7) is 2.05. The van der Waals surface area contributed by atoms with Crippen molar-refractivity contribution in [2.75, 3.05) is 6.54 Å². The van der Waals surface area contributed by atoms with Gasteiger partial charge in [-0.15, -0.1) is 0 Å². The summed E-state index contributed by atoms with van der Waals surface area (Å²) in [5.74, 6) is -0.847. The molecule has 3 rings (SSSR count). The van der Waals surface area contributed by atoms with E-state index in [0.29, 0.717) is 6.54 Å². The van der Waals surface area contributed by atoms with Crippen LogP contribution in [-0.2, 0) is 11.2 Å². The summed E-state index contributed by atoms with van der Waals surface area (Å²) in [5, 5.41) is 0. The largest absolute Gasteiger partial charge is 0.344 e. The Morgan fingerprint density at radius 1 is 1.42 bits per heavy atom. The van der Waals surface area contributed by atoms with Crippen molar-refractivity contribution in [3.63, 3.8) is 0 Å². The summed E-state index contributed by atoms with van der Waals surface area (Å²) in [6.07, 6.45) is 1.86. The molecule has 98 valence electrons. The van der Waals surface area contributed by atoms with Crippen molar-refractivity contribution in [3.8, 4) is 0 Å². The second kappa shape index (κ2) is 4.13. The van der Waals surface area contributed by atoms with Crippen LogP contribution in [0.1, 0.15) is 24.0 Å². The fourth-order valence-corrected chi connectivity index (χ4v) is 2.96. The van der Waals surface area contributed by atoms with Crippen molar-refractivity contribution >= 4 is 13.8 Å². The second-order valence-electron chi connectivity index (χ2n) is 5.73. The van der Waals surface area contributed by atoms with Crippen LogP contribution in [0.15, 0.2) is 12.1 Å². The normalized spacial score (nSPS) is 25.2. The summed E-state index contributed by atoms with van der Waals surface area (Å²) in [4.78, 5) is 13.7. The highest BCUT2D eigenvalue weighted by Crippen LogP contribution is 2.52. The van der Waals surface area contributed by atoms with Gasteiger partial charge in [-0.1, -0.05) is 0 Å². The highest BCUT2D eigenvalue weighted by Gasteiger charge is 2.57. The minimum atomic E-state index is -0.529. The van der Waals surface area contributed by atoms with Gasteiger partial charge >= 0.3 is 0 Å². The Bertz CT molecular complexity index is 557. The number of hydrogen-bond acceptors (Lipinski definition) is 2. The molecule has 1 aliphatic heterocycles. The van der Waals surface area contributed by atoms with E-state index in [1.165, 1.54) is 11.7 Å². The van der Waals surface area contributed by atoms with Crippen LogP contribution in [0, 0.1) is 24.0 Å². The lowest BCUT2D eigenvalue weighted by atomic mass is 9.95. The van der Waals surface area contributed by atoms with Crippen LogP contribution in [0.3, 0.4) is 0 Å². The van der Waals surface area contributed by atoms with Gasteiger partial charge in [0.2, 0.25) is 0 Å². The van der Waals surface area contributed by atoms with E-state index in [-0.39, 0.29) is 28.7 Å². The molecule has 1 aromatic carbocycles. The van der Waals surface area contributed by atoms with E-state index < -0.39 is 17.7 Å². The van der Waals surface area contributed by atoms with E-state index in [1.54, 1.807) is 0 Å². The molecule has 2 radical (unpaired) electrons. The van der Waals surface area contributed by atoms with Gasteiger partial charge in [0, 0.05) is 5.41 Å². The zero-order chi connectivity index (χ0) is 13.8. The molecule has 2 fully saturated rings. The van der Waals surface area contributed by atoms with E-state index in [0.717, 1.165) is 25.0 Å². The molecule has 5 heteroatoms. The molecule has 0 bridgehead atoms. The fraction of sp³-hybridized carbons (Fsp3) is 0.500. The molecular formula is C14H14BF2NO. The van der Waals surface area contributed by atoms with Crippen LogP contribution in [0.2, 0.25) is 0 Å². The third kappa shape index (κ3) is 2.00. The van der Waals surface area contributed by atoms with Gasteiger partial charge in [0.25, 0.3) is 0 Å². The predicted octanol–water partition coefficient (Wildman–Crippen LogP) is 1.93. The van der Waals surface area contributed by atoms with E-state index in [2.05, 4.69) is 0 Å². The molecule has 0 amide bonds. The smallest absolute Gasteiger partial charge is 0.183 e. The average Bonchev–Trinajstić information content (AvgIpc) is 3.07. The summed E-state index contributed by atoms with van der Waals surface area (Å²) >= 11 is 0. The van der Waals surface area contributed by atoms with Crippen LogP contribution in [0.4, 0.5) is 8.78 Å². The maximum atomic E-state index is 14.0. The Balaban J connectivity index is 1.88. The maximum Gasteiger partial charge on any atom is 0.183 e. The molecule has 1 atom stereocenters. The molecule has 0 aromatic heterocycles. The van der Waals surface area contributed by atoms with Crippen LogP contribution in [0.5, 0.6) is 0 Å². The van der Waals surface area contributed by atoms with Crippen molar-refractivity contribution in [2.45, 2.75) is 32.2 Å². The zero-order valence-corrected chi connectivity index (χ0v) is 10.7. The SMILES string of the molecule is [B]N1CC2(CC2)C(=O)C1Cc1cc(F)cc(C)c1F. The van der Waals surface area contributed by atoms with Crippen molar-refractivity contribution in [1.82, 2.24) is 4.81 Å². The molecule has 1 heterocycles. The number of benzene rings is 1. The summed E-state index contributed by atoms with van der Waals surface area (Å²) < 4.78 is 27.3. The molecule has 1 aromatic rings. The lowest BCUT2D eigenvalue weighted by Crippen LogP contribution is -2.33. The van der Waals surface area contributed by atoms with Crippen LogP contribution in [-0.4, -0.2) is 31.2 Å². The third-order valence-electron chi connectivity index (χ3n) is 4.27. The quantitative estimate of drug-likeness (QED) is 0.758. The first-order chi connectivity index (χ1) is 8.93. The Kier molecular flexibility index (Phi) is 2.78. The van der Waals surface area contributed by atoms with Crippen LogP contribution in [0.25, 0.3) is 0 Å². The van der Waals surface area contributed by atoms with E-state index in [4.69, 9.17) is 7.98 Å². The predicted molar refractivity (Wildman–Crippen MR) is 67.7 cm³/mol. The molecule has 0 N–H and O–H groups in total. The molecule has 1 saturated carbocycles. The molecule has 2 aliphatic rings. The number of hydrogen-bond donors (Lipinski definition) is 0. The molecule has 19 heavy (non-hydrogen) atoms. The number of nitrogens with zero attached hydrogens (tertiary/aromatic N) is 1.